The van der Waals surface area contributed by atoms with Gasteiger partial charge in [-0.3, -0.25) is 0 Å². The third-order valence-electron chi connectivity index (χ3n) is 4.51. The average Bonchev–Trinajstić information content (AvgIpc) is 2.25. The van der Waals surface area contributed by atoms with Gasteiger partial charge in [-0.15, -0.1) is 0 Å². The number of nitrogens with one attached hydrogen (secondary N) is 1. The second-order valence-corrected chi connectivity index (χ2v) is 8.57. The van der Waals surface area contributed by atoms with Gasteiger partial charge in [-0.05, 0) is 71.4 Å². The lowest BCUT2D eigenvalue weighted by Crippen LogP contribution is -2.43. The van der Waals surface area contributed by atoms with Gasteiger partial charge in [-0.25, -0.2) is 0 Å². The molecule has 1 fully saturated rings. The van der Waals surface area contributed by atoms with Gasteiger partial charge in [0.2, 0.25) is 0 Å². The third kappa shape index (κ3) is 6.76. The van der Waals surface area contributed by atoms with Gasteiger partial charge in [0, 0.05) is 18.1 Å². The van der Waals surface area contributed by atoms with Gasteiger partial charge in [-0.1, -0.05) is 20.8 Å². The summed E-state index contributed by atoms with van der Waals surface area (Å²) in [5.41, 5.74) is 0.818. The Labute approximate surface area is 121 Å². The quantitative estimate of drug-likeness (QED) is 0.813. The summed E-state index contributed by atoms with van der Waals surface area (Å²) in [5, 5.41) is 3.62. The SMILES string of the molecule is CC(CNC(C)(C)C)CN(C)C1CCC(C)(C)CC1. The Balaban J connectivity index is 2.29. The molecule has 0 aromatic carbocycles. The highest BCUT2D eigenvalue weighted by Gasteiger charge is 2.29. The molecule has 1 unspecified atom stereocenters. The number of nitrogens with zero attached hydrogens (tertiary/aromatic N) is 1. The number of rotatable bonds is 5. The molecule has 1 N–H and O–H groups in total. The Hall–Kier alpha value is -0.0800. The number of hydrogen-bond acceptors (Lipinski definition) is 2. The van der Waals surface area contributed by atoms with E-state index in [9.17, 15) is 0 Å². The molecule has 1 aliphatic rings. The highest BCUT2D eigenvalue weighted by molar-refractivity contribution is 4.83. The van der Waals surface area contributed by atoms with E-state index in [2.05, 4.69) is 58.8 Å². The fraction of sp³-hybridized carbons (Fsp3) is 1.00. The summed E-state index contributed by atoms with van der Waals surface area (Å²) >= 11 is 0. The van der Waals surface area contributed by atoms with Crippen LogP contribution in [0, 0.1) is 11.3 Å². The van der Waals surface area contributed by atoms with E-state index in [-0.39, 0.29) is 5.54 Å². The summed E-state index contributed by atoms with van der Waals surface area (Å²) in [6.45, 7) is 16.3. The lowest BCUT2D eigenvalue weighted by molar-refractivity contribution is 0.115. The minimum Gasteiger partial charge on any atom is -0.312 e. The molecule has 0 aromatic rings. The van der Waals surface area contributed by atoms with Crippen LogP contribution in [0.4, 0.5) is 0 Å². The van der Waals surface area contributed by atoms with Gasteiger partial charge in [0.15, 0.2) is 0 Å². The first kappa shape index (κ1) is 17.0. The molecule has 2 nitrogen and oxygen atoms in total. The van der Waals surface area contributed by atoms with Crippen molar-refractivity contribution in [2.75, 3.05) is 20.1 Å². The summed E-state index contributed by atoms with van der Waals surface area (Å²) in [6.07, 6.45) is 5.53. The van der Waals surface area contributed by atoms with Crippen LogP contribution < -0.4 is 5.32 Å². The Morgan fingerprint density at radius 3 is 2.21 bits per heavy atom. The van der Waals surface area contributed by atoms with Crippen molar-refractivity contribution in [3.05, 3.63) is 0 Å². The fourth-order valence-electron chi connectivity index (χ4n) is 3.01. The van der Waals surface area contributed by atoms with E-state index in [4.69, 9.17) is 0 Å². The first-order valence-electron chi connectivity index (χ1n) is 8.04. The molecule has 0 aromatic heterocycles. The third-order valence-corrected chi connectivity index (χ3v) is 4.51. The molecule has 0 radical (unpaired) electrons. The van der Waals surface area contributed by atoms with Gasteiger partial charge in [-0.2, -0.15) is 0 Å². The Bertz CT molecular complexity index is 255. The Kier molecular flexibility index (Phi) is 5.88. The smallest absolute Gasteiger partial charge is 0.00966 e. The minimum absolute atomic E-state index is 0.238. The lowest BCUT2D eigenvalue weighted by Gasteiger charge is -2.39. The summed E-state index contributed by atoms with van der Waals surface area (Å²) < 4.78 is 0. The van der Waals surface area contributed by atoms with Crippen LogP contribution in [0.25, 0.3) is 0 Å². The van der Waals surface area contributed by atoms with Crippen LogP contribution in [-0.2, 0) is 0 Å². The molecule has 0 bridgehead atoms. The summed E-state index contributed by atoms with van der Waals surface area (Å²) in [5.74, 6) is 0.721. The van der Waals surface area contributed by atoms with Gasteiger partial charge < -0.3 is 10.2 Å². The molecule has 2 heteroatoms. The topological polar surface area (TPSA) is 15.3 Å². The summed E-state index contributed by atoms with van der Waals surface area (Å²) in [6, 6.07) is 0.810. The zero-order valence-electron chi connectivity index (χ0n) is 14.3. The molecule has 114 valence electrons. The molecule has 0 aliphatic heterocycles. The zero-order chi connectivity index (χ0) is 14.7. The molecule has 19 heavy (non-hydrogen) atoms. The van der Waals surface area contributed by atoms with Crippen LogP contribution in [0.3, 0.4) is 0 Å². The normalized spacial score (nSPS) is 22.7. The van der Waals surface area contributed by atoms with Crippen LogP contribution in [0.15, 0.2) is 0 Å². The van der Waals surface area contributed by atoms with Crippen molar-refractivity contribution in [3.63, 3.8) is 0 Å². The minimum atomic E-state index is 0.238. The van der Waals surface area contributed by atoms with E-state index >= 15 is 0 Å². The second-order valence-electron chi connectivity index (χ2n) is 8.57. The average molecular weight is 268 g/mol. The van der Waals surface area contributed by atoms with Gasteiger partial charge >= 0.3 is 0 Å². The monoisotopic (exact) mass is 268 g/mol. The second kappa shape index (κ2) is 6.58. The van der Waals surface area contributed by atoms with E-state index in [0.717, 1.165) is 18.5 Å². The Morgan fingerprint density at radius 1 is 1.21 bits per heavy atom. The summed E-state index contributed by atoms with van der Waals surface area (Å²) in [7, 11) is 2.32. The van der Waals surface area contributed by atoms with Crippen LogP contribution >= 0.6 is 0 Å². The Morgan fingerprint density at radius 2 is 1.74 bits per heavy atom. The number of hydrogen-bond donors (Lipinski definition) is 1. The lowest BCUT2D eigenvalue weighted by atomic mass is 9.75. The van der Waals surface area contributed by atoms with Crippen molar-refractivity contribution in [3.8, 4) is 0 Å². The standard InChI is InChI=1S/C17H36N2/c1-14(12-18-16(2,3)4)13-19(7)15-8-10-17(5,6)11-9-15/h14-15,18H,8-13H2,1-7H3. The molecule has 0 saturated heterocycles. The highest BCUT2D eigenvalue weighted by Crippen LogP contribution is 2.36. The van der Waals surface area contributed by atoms with Gasteiger partial charge in [0.05, 0.1) is 0 Å². The molecule has 1 atom stereocenters. The van der Waals surface area contributed by atoms with E-state index in [0.29, 0.717) is 5.41 Å². The molecule has 0 heterocycles. The van der Waals surface area contributed by atoms with Crippen molar-refractivity contribution in [2.24, 2.45) is 11.3 Å². The highest BCUT2D eigenvalue weighted by atomic mass is 15.1. The first-order chi connectivity index (χ1) is 8.59. The van der Waals surface area contributed by atoms with Crippen LogP contribution in [-0.4, -0.2) is 36.6 Å². The fourth-order valence-corrected chi connectivity index (χ4v) is 3.01. The largest absolute Gasteiger partial charge is 0.312 e. The molecular weight excluding hydrogens is 232 g/mol. The van der Waals surface area contributed by atoms with Crippen LogP contribution in [0.1, 0.15) is 67.2 Å². The van der Waals surface area contributed by atoms with Crippen LogP contribution in [0.2, 0.25) is 0 Å². The maximum Gasteiger partial charge on any atom is 0.00966 e. The molecule has 0 spiro atoms. The molecule has 1 rings (SSSR count). The molecular formula is C17H36N2. The molecule has 0 amide bonds. The van der Waals surface area contributed by atoms with Crippen LogP contribution in [0.5, 0.6) is 0 Å². The zero-order valence-corrected chi connectivity index (χ0v) is 14.3. The van der Waals surface area contributed by atoms with Crippen molar-refractivity contribution in [1.29, 1.82) is 0 Å². The van der Waals surface area contributed by atoms with Crippen molar-refractivity contribution < 1.29 is 0 Å². The predicted molar refractivity (Wildman–Crippen MR) is 85.6 cm³/mol. The van der Waals surface area contributed by atoms with E-state index in [1.54, 1.807) is 0 Å². The van der Waals surface area contributed by atoms with E-state index in [1.165, 1.54) is 32.2 Å². The van der Waals surface area contributed by atoms with Gasteiger partial charge in [0.1, 0.15) is 0 Å². The van der Waals surface area contributed by atoms with E-state index in [1.807, 2.05) is 0 Å². The first-order valence-corrected chi connectivity index (χ1v) is 8.04. The molecule has 1 aliphatic carbocycles. The van der Waals surface area contributed by atoms with Crippen molar-refractivity contribution in [2.45, 2.75) is 78.8 Å². The van der Waals surface area contributed by atoms with E-state index < -0.39 is 0 Å². The molecule has 1 saturated carbocycles. The maximum absolute atomic E-state index is 3.62. The summed E-state index contributed by atoms with van der Waals surface area (Å²) in [4.78, 5) is 2.60. The van der Waals surface area contributed by atoms with Crippen molar-refractivity contribution >= 4 is 0 Å². The maximum atomic E-state index is 3.62. The van der Waals surface area contributed by atoms with Gasteiger partial charge in [0.25, 0.3) is 0 Å². The predicted octanol–water partition coefficient (Wildman–Crippen LogP) is 3.91. The van der Waals surface area contributed by atoms with Crippen molar-refractivity contribution in [1.82, 2.24) is 10.2 Å².